The maximum Gasteiger partial charge on any atom is 0.512 e. The molecule has 10 heteroatoms. The van der Waals surface area contributed by atoms with Crippen molar-refractivity contribution in [1.82, 2.24) is 9.27 Å². The van der Waals surface area contributed by atoms with Gasteiger partial charge in [0.15, 0.2) is 5.82 Å². The molecule has 47 heavy (non-hydrogen) atoms. The lowest BCUT2D eigenvalue weighted by Gasteiger charge is -2.47. The summed E-state index contributed by atoms with van der Waals surface area (Å²) >= 11 is 1.54. The van der Waals surface area contributed by atoms with Crippen LogP contribution in [0.2, 0.25) is 0 Å². The third kappa shape index (κ3) is 5.92. The Hall–Kier alpha value is -3.50. The summed E-state index contributed by atoms with van der Waals surface area (Å²) in [7, 11) is 0. The number of ether oxygens (including phenoxy) is 2. The number of aromatic nitrogens is 1. The van der Waals surface area contributed by atoms with Crippen molar-refractivity contribution < 1.29 is 28.3 Å². The molecule has 3 saturated carbocycles. The molecule has 0 radical (unpaired) electrons. The van der Waals surface area contributed by atoms with E-state index < -0.39 is 6.16 Å². The average molecular weight is 658 g/mol. The Morgan fingerprint density at radius 2 is 1.53 bits per heavy atom. The van der Waals surface area contributed by atoms with Crippen molar-refractivity contribution in [3.63, 3.8) is 0 Å². The molecule has 2 amide bonds. The number of quaternary nitrogens is 1. The van der Waals surface area contributed by atoms with E-state index in [4.69, 9.17) is 13.8 Å². The first-order chi connectivity index (χ1) is 23.0. The summed E-state index contributed by atoms with van der Waals surface area (Å²) in [5.41, 5.74) is 0.922. The second-order valence-corrected chi connectivity index (χ2v) is 15.5. The van der Waals surface area contributed by atoms with Gasteiger partial charge in [-0.1, -0.05) is 55.3 Å². The molecule has 3 aliphatic carbocycles. The fourth-order valence-corrected chi connectivity index (χ4v) is 10.5. The van der Waals surface area contributed by atoms with Crippen LogP contribution in [0.4, 0.5) is 10.6 Å². The lowest BCUT2D eigenvalue weighted by atomic mass is 9.78. The molecule has 248 valence electrons. The van der Waals surface area contributed by atoms with Gasteiger partial charge in [-0.2, -0.15) is 4.37 Å². The van der Waals surface area contributed by atoms with Crippen LogP contribution in [0, 0.1) is 35.5 Å². The summed E-state index contributed by atoms with van der Waals surface area (Å²) in [5, 5.41) is 1.18. The number of amides is 2. The number of anilines is 1. The van der Waals surface area contributed by atoms with E-state index >= 15 is 0 Å². The molecule has 0 N–H and O–H groups in total. The van der Waals surface area contributed by atoms with Crippen LogP contribution in [0.5, 0.6) is 0 Å². The molecule has 2 aromatic carbocycles. The highest BCUT2D eigenvalue weighted by Crippen LogP contribution is 2.56. The van der Waals surface area contributed by atoms with Crippen LogP contribution in [0.1, 0.15) is 50.5 Å². The van der Waals surface area contributed by atoms with Gasteiger partial charge in [0.25, 0.3) is 0 Å². The van der Waals surface area contributed by atoms with Crippen LogP contribution >= 0.6 is 11.5 Å². The van der Waals surface area contributed by atoms with E-state index in [1.165, 1.54) is 21.6 Å². The third-order valence-electron chi connectivity index (χ3n) is 12.1. The molecule has 2 saturated heterocycles. The van der Waals surface area contributed by atoms with Gasteiger partial charge >= 0.3 is 6.16 Å². The molecular formula is C37H45N4O5S+. The van der Waals surface area contributed by atoms with Crippen molar-refractivity contribution in [1.29, 1.82) is 0 Å². The fourth-order valence-electron chi connectivity index (χ4n) is 9.66. The second-order valence-electron chi connectivity index (χ2n) is 14.7. The van der Waals surface area contributed by atoms with Crippen LogP contribution < -0.4 is 4.90 Å². The molecule has 6 unspecified atom stereocenters. The van der Waals surface area contributed by atoms with Crippen molar-refractivity contribution in [2.45, 2.75) is 51.6 Å². The van der Waals surface area contributed by atoms with Gasteiger partial charge in [0.2, 0.25) is 18.5 Å². The lowest BCUT2D eigenvalue weighted by Crippen LogP contribution is -2.63. The van der Waals surface area contributed by atoms with Gasteiger partial charge in [0.05, 0.1) is 49.3 Å². The molecule has 3 aromatic rings. The van der Waals surface area contributed by atoms with Gasteiger partial charge in [0, 0.05) is 17.8 Å². The predicted octanol–water partition coefficient (Wildman–Crippen LogP) is 6.08. The SMILES string of the molecule is O=C(OCc1ccccc1)OC[N+]1(CC2CCCCC2CN2C(=O)C3C4CCC(C4)C3C2=O)CCN(c2nsc3ccccc23)CC1. The maximum atomic E-state index is 13.6. The van der Waals surface area contributed by atoms with Gasteiger partial charge in [-0.05, 0) is 79.1 Å². The molecule has 6 atom stereocenters. The average Bonchev–Trinajstić information content (AvgIpc) is 3.89. The molecule has 3 heterocycles. The number of rotatable bonds is 9. The number of hydrogen-bond acceptors (Lipinski definition) is 8. The number of piperazine rings is 1. The normalized spacial score (nSPS) is 29.8. The van der Waals surface area contributed by atoms with E-state index in [1.807, 2.05) is 30.3 Å². The molecular weight excluding hydrogens is 612 g/mol. The minimum atomic E-state index is -0.645. The van der Waals surface area contributed by atoms with Gasteiger partial charge < -0.3 is 14.4 Å². The third-order valence-corrected chi connectivity index (χ3v) is 12.9. The lowest BCUT2D eigenvalue weighted by molar-refractivity contribution is -0.947. The Labute approximate surface area is 280 Å². The van der Waals surface area contributed by atoms with E-state index in [-0.39, 0.29) is 42.9 Å². The minimum Gasteiger partial charge on any atom is -0.429 e. The Balaban J connectivity index is 0.974. The molecule has 5 aliphatic rings. The van der Waals surface area contributed by atoms with Crippen molar-refractivity contribution in [2.75, 3.05) is 50.9 Å². The molecule has 8 rings (SSSR count). The Morgan fingerprint density at radius 3 is 2.28 bits per heavy atom. The molecule has 5 fully saturated rings. The number of hydrogen-bond donors (Lipinski definition) is 0. The zero-order valence-electron chi connectivity index (χ0n) is 27.0. The summed E-state index contributed by atoms with van der Waals surface area (Å²) in [6.07, 6.45) is 7.00. The molecule has 0 spiro atoms. The van der Waals surface area contributed by atoms with Crippen molar-refractivity contribution >= 4 is 45.4 Å². The number of carbonyl (C=O) groups excluding carboxylic acids is 3. The Morgan fingerprint density at radius 1 is 0.851 bits per heavy atom. The maximum absolute atomic E-state index is 13.6. The summed E-state index contributed by atoms with van der Waals surface area (Å²) in [4.78, 5) is 44.1. The van der Waals surface area contributed by atoms with Gasteiger partial charge in [-0.3, -0.25) is 19.0 Å². The minimum absolute atomic E-state index is 0.0631. The fraction of sp³-hybridized carbons (Fsp3) is 0.568. The van der Waals surface area contributed by atoms with E-state index in [0.717, 1.165) is 89.1 Å². The second kappa shape index (κ2) is 12.8. The number of benzene rings is 2. The summed E-state index contributed by atoms with van der Waals surface area (Å²) in [5.74, 6) is 2.56. The van der Waals surface area contributed by atoms with Crippen LogP contribution in [-0.2, 0) is 25.7 Å². The largest absolute Gasteiger partial charge is 0.512 e. The monoisotopic (exact) mass is 657 g/mol. The zero-order valence-corrected chi connectivity index (χ0v) is 27.8. The summed E-state index contributed by atoms with van der Waals surface area (Å²) < 4.78 is 18.0. The Kier molecular flexibility index (Phi) is 8.42. The summed E-state index contributed by atoms with van der Waals surface area (Å²) in [6, 6.07) is 18.0. The highest BCUT2D eigenvalue weighted by atomic mass is 32.1. The molecule has 2 bridgehead atoms. The number of nitrogens with zero attached hydrogens (tertiary/aromatic N) is 4. The highest BCUT2D eigenvalue weighted by molar-refractivity contribution is 7.13. The van der Waals surface area contributed by atoms with Gasteiger partial charge in [0.1, 0.15) is 6.61 Å². The van der Waals surface area contributed by atoms with Gasteiger partial charge in [-0.15, -0.1) is 0 Å². The smallest absolute Gasteiger partial charge is 0.429 e. The first-order valence-electron chi connectivity index (χ1n) is 17.6. The summed E-state index contributed by atoms with van der Waals surface area (Å²) in [6.45, 7) is 5.08. The number of likely N-dealkylation sites (tertiary alicyclic amines) is 1. The molecule has 2 aliphatic heterocycles. The van der Waals surface area contributed by atoms with E-state index in [2.05, 4.69) is 29.2 Å². The van der Waals surface area contributed by atoms with Crippen LogP contribution in [0.15, 0.2) is 54.6 Å². The van der Waals surface area contributed by atoms with Crippen molar-refractivity contribution in [2.24, 2.45) is 35.5 Å². The zero-order chi connectivity index (χ0) is 32.0. The topological polar surface area (TPSA) is 89.0 Å². The van der Waals surface area contributed by atoms with Gasteiger partial charge in [-0.25, -0.2) is 4.79 Å². The first-order valence-corrected chi connectivity index (χ1v) is 18.4. The standard InChI is InChI=1S/C37H45N4O5S/c42-35-32-26-14-15-27(20-26)33(32)36(43)40(35)21-28-10-4-5-11-29(28)22-41(24-46-37(44)45-23-25-8-2-1-3-9-25)18-16-39(17-19-41)34-30-12-6-7-13-31(30)47-38-34/h1-3,6-9,12-13,26-29,32-33H,4-5,10-11,14-24H2/q+1. The Bertz CT molecular complexity index is 1590. The number of imide groups is 1. The molecule has 9 nitrogen and oxygen atoms in total. The van der Waals surface area contributed by atoms with E-state index in [0.29, 0.717) is 28.8 Å². The van der Waals surface area contributed by atoms with Crippen molar-refractivity contribution in [3.05, 3.63) is 60.2 Å². The van der Waals surface area contributed by atoms with Crippen LogP contribution in [0.25, 0.3) is 10.1 Å². The van der Waals surface area contributed by atoms with Crippen LogP contribution in [0.3, 0.4) is 0 Å². The highest BCUT2D eigenvalue weighted by Gasteiger charge is 2.61. The van der Waals surface area contributed by atoms with E-state index in [9.17, 15) is 14.4 Å². The number of fused-ring (bicyclic) bond motifs is 6. The number of carbonyl (C=O) groups is 3. The van der Waals surface area contributed by atoms with Crippen LogP contribution in [-0.4, -0.2) is 77.7 Å². The van der Waals surface area contributed by atoms with E-state index in [1.54, 1.807) is 4.90 Å². The molecule has 1 aromatic heterocycles. The quantitative estimate of drug-likeness (QED) is 0.157. The van der Waals surface area contributed by atoms with Crippen molar-refractivity contribution in [3.8, 4) is 0 Å². The first kappa shape index (κ1) is 30.8. The predicted molar refractivity (Wildman–Crippen MR) is 179 cm³/mol.